The van der Waals surface area contributed by atoms with E-state index in [1.165, 1.54) is 9.80 Å². The van der Waals surface area contributed by atoms with Crippen molar-refractivity contribution in [1.82, 2.24) is 14.3 Å². The molecule has 4 heterocycles. The number of ketones is 1. The van der Waals surface area contributed by atoms with E-state index in [0.717, 1.165) is 13.1 Å². The third-order valence-corrected chi connectivity index (χ3v) is 6.76. The second kappa shape index (κ2) is 9.52. The summed E-state index contributed by atoms with van der Waals surface area (Å²) in [6.45, 7) is 5.79. The molecule has 0 radical (unpaired) electrons. The molecule has 2 aromatic heterocycles. The van der Waals surface area contributed by atoms with Crippen molar-refractivity contribution in [3.8, 4) is 5.75 Å². The number of hydrogen-bond acceptors (Lipinski definition) is 6. The standard InChI is InChI=1S/C26H28N4O5/c1-17-22(29-9-4-3-8-20(29)27-17)24(31)21-23(18-6-5-7-19(16-18)34-2)30(26(33)25(21)32)11-10-28-12-14-35-15-13-28/h3-9,16,23,31H,10-15H2,1-2H3. The Morgan fingerprint density at radius 2 is 2.00 bits per heavy atom. The first-order valence-corrected chi connectivity index (χ1v) is 11.8. The number of methoxy groups -OCH3 is 1. The Hall–Kier alpha value is -3.69. The number of carbonyl (C=O) groups excluding carboxylic acids is 2. The van der Waals surface area contributed by atoms with E-state index in [-0.39, 0.29) is 5.57 Å². The number of pyridine rings is 1. The van der Waals surface area contributed by atoms with Gasteiger partial charge in [0.15, 0.2) is 0 Å². The molecule has 0 saturated carbocycles. The minimum Gasteiger partial charge on any atom is -0.871 e. The minimum atomic E-state index is -0.799. The maximum absolute atomic E-state index is 13.9. The van der Waals surface area contributed by atoms with Crippen LogP contribution >= 0.6 is 0 Å². The lowest BCUT2D eigenvalue weighted by Gasteiger charge is -2.30. The highest BCUT2D eigenvalue weighted by atomic mass is 16.5. The van der Waals surface area contributed by atoms with E-state index in [1.807, 2.05) is 12.1 Å². The lowest BCUT2D eigenvalue weighted by atomic mass is 9.96. The van der Waals surface area contributed by atoms with E-state index in [0.29, 0.717) is 54.7 Å². The summed E-state index contributed by atoms with van der Waals surface area (Å²) in [6, 6.07) is 11.8. The molecule has 1 aromatic carbocycles. The summed E-state index contributed by atoms with van der Waals surface area (Å²) >= 11 is 0. The van der Waals surface area contributed by atoms with Crippen molar-refractivity contribution in [2.75, 3.05) is 46.5 Å². The summed E-state index contributed by atoms with van der Waals surface area (Å²) in [4.78, 5) is 33.9. The number of nitrogens with one attached hydrogen (secondary N) is 1. The molecule has 2 aliphatic rings. The SMILES string of the molecule is COc1cccc(C2C(=C([O-])c3c(C)nc4ccccn34)C(=O)C(=O)N2CC[NH+]2CCOCC2)c1. The molecule has 1 unspecified atom stereocenters. The zero-order valence-electron chi connectivity index (χ0n) is 19.8. The summed E-state index contributed by atoms with van der Waals surface area (Å²) in [5, 5.41) is 13.9. The van der Waals surface area contributed by atoms with Gasteiger partial charge >= 0.3 is 0 Å². The number of aryl methyl sites for hydroxylation is 1. The zero-order valence-corrected chi connectivity index (χ0v) is 19.8. The fourth-order valence-corrected chi connectivity index (χ4v) is 4.96. The number of morpholine rings is 1. The van der Waals surface area contributed by atoms with Crippen LogP contribution in [0.1, 0.15) is 23.0 Å². The number of fused-ring (bicyclic) bond motifs is 1. The third-order valence-electron chi connectivity index (χ3n) is 6.76. The molecule has 2 aliphatic heterocycles. The quantitative estimate of drug-likeness (QED) is 0.300. The van der Waals surface area contributed by atoms with Crippen LogP contribution in [0.3, 0.4) is 0 Å². The van der Waals surface area contributed by atoms with Crippen LogP contribution in [0.2, 0.25) is 0 Å². The van der Waals surface area contributed by atoms with Crippen LogP contribution in [0, 0.1) is 6.92 Å². The van der Waals surface area contributed by atoms with Gasteiger partial charge in [-0.2, -0.15) is 0 Å². The van der Waals surface area contributed by atoms with Gasteiger partial charge in [-0.1, -0.05) is 24.0 Å². The van der Waals surface area contributed by atoms with E-state index in [9.17, 15) is 14.7 Å². The summed E-state index contributed by atoms with van der Waals surface area (Å²) in [7, 11) is 1.56. The zero-order chi connectivity index (χ0) is 24.5. The molecule has 35 heavy (non-hydrogen) atoms. The van der Waals surface area contributed by atoms with Crippen LogP contribution in [0.15, 0.2) is 54.2 Å². The van der Waals surface area contributed by atoms with Gasteiger partial charge < -0.3 is 28.8 Å². The molecule has 2 saturated heterocycles. The van der Waals surface area contributed by atoms with Gasteiger partial charge in [-0.3, -0.25) is 9.59 Å². The summed E-state index contributed by atoms with van der Waals surface area (Å²) in [6.07, 6.45) is 1.74. The predicted octanol–water partition coefficient (Wildman–Crippen LogP) is -0.210. The average molecular weight is 477 g/mol. The number of imidazole rings is 1. The molecule has 2 fully saturated rings. The van der Waals surface area contributed by atoms with E-state index >= 15 is 0 Å². The molecule has 9 heteroatoms. The fourth-order valence-electron chi connectivity index (χ4n) is 4.96. The van der Waals surface area contributed by atoms with Gasteiger partial charge in [-0.15, -0.1) is 0 Å². The monoisotopic (exact) mass is 476 g/mol. The third kappa shape index (κ3) is 4.17. The number of carbonyl (C=O) groups is 2. The highest BCUT2D eigenvalue weighted by Crippen LogP contribution is 2.39. The number of amides is 1. The van der Waals surface area contributed by atoms with Crippen molar-refractivity contribution in [1.29, 1.82) is 0 Å². The number of likely N-dealkylation sites (tertiary alicyclic amines) is 1. The smallest absolute Gasteiger partial charge is 0.295 e. The molecule has 1 amide bonds. The molecule has 0 bridgehead atoms. The molecule has 182 valence electrons. The van der Waals surface area contributed by atoms with Crippen LogP contribution in [-0.2, 0) is 14.3 Å². The van der Waals surface area contributed by atoms with Crippen molar-refractivity contribution in [3.05, 3.63) is 71.2 Å². The van der Waals surface area contributed by atoms with Gasteiger partial charge in [0, 0.05) is 11.8 Å². The largest absolute Gasteiger partial charge is 0.871 e. The number of benzene rings is 1. The number of nitrogens with zero attached hydrogens (tertiary/aromatic N) is 3. The van der Waals surface area contributed by atoms with Crippen molar-refractivity contribution in [3.63, 3.8) is 0 Å². The van der Waals surface area contributed by atoms with Gasteiger partial charge in [-0.25, -0.2) is 4.98 Å². The van der Waals surface area contributed by atoms with Crippen molar-refractivity contribution >= 4 is 23.1 Å². The maximum Gasteiger partial charge on any atom is 0.295 e. The topological polar surface area (TPSA) is 101 Å². The summed E-state index contributed by atoms with van der Waals surface area (Å²) in [5.41, 5.74) is 2.03. The second-order valence-corrected chi connectivity index (χ2v) is 8.84. The van der Waals surface area contributed by atoms with E-state index in [1.54, 1.807) is 55.0 Å². The van der Waals surface area contributed by atoms with Gasteiger partial charge in [0.25, 0.3) is 5.91 Å². The van der Waals surface area contributed by atoms with Gasteiger partial charge in [-0.05, 0) is 36.8 Å². The summed E-state index contributed by atoms with van der Waals surface area (Å²) < 4.78 is 12.5. The summed E-state index contributed by atoms with van der Waals surface area (Å²) in [5.74, 6) is -1.30. The molecular formula is C26H28N4O5. The van der Waals surface area contributed by atoms with Crippen LogP contribution in [0.4, 0.5) is 0 Å². The number of ether oxygens (including phenoxy) is 2. The molecule has 1 atom stereocenters. The first-order valence-electron chi connectivity index (χ1n) is 11.8. The van der Waals surface area contributed by atoms with E-state index in [2.05, 4.69) is 4.98 Å². The number of rotatable bonds is 6. The van der Waals surface area contributed by atoms with Gasteiger partial charge in [0.2, 0.25) is 5.78 Å². The lowest BCUT2D eigenvalue weighted by molar-refractivity contribution is -0.907. The fraction of sp³-hybridized carbons (Fsp3) is 0.346. The van der Waals surface area contributed by atoms with Crippen molar-refractivity contribution in [2.24, 2.45) is 0 Å². The number of hydrogen-bond donors (Lipinski definition) is 1. The Kier molecular flexibility index (Phi) is 6.27. The molecule has 0 spiro atoms. The normalized spacial score (nSPS) is 20.6. The lowest BCUT2D eigenvalue weighted by Crippen LogP contribution is -3.14. The number of Topliss-reactive ketones (excluding diaryl/α,β-unsaturated/α-hetero) is 1. The van der Waals surface area contributed by atoms with Crippen LogP contribution < -0.4 is 14.7 Å². The van der Waals surface area contributed by atoms with Gasteiger partial charge in [0.1, 0.15) is 24.5 Å². The Morgan fingerprint density at radius 3 is 2.77 bits per heavy atom. The first-order chi connectivity index (χ1) is 17.0. The molecule has 9 nitrogen and oxygen atoms in total. The maximum atomic E-state index is 13.9. The molecule has 0 aliphatic carbocycles. The Balaban J connectivity index is 1.62. The van der Waals surface area contributed by atoms with E-state index in [4.69, 9.17) is 9.47 Å². The number of aromatic nitrogens is 2. The molecule has 3 aromatic rings. The van der Waals surface area contributed by atoms with Crippen molar-refractivity contribution < 1.29 is 29.1 Å². The molecule has 1 N–H and O–H groups in total. The highest BCUT2D eigenvalue weighted by molar-refractivity contribution is 6.46. The van der Waals surface area contributed by atoms with Crippen molar-refractivity contribution in [2.45, 2.75) is 13.0 Å². The first kappa shape index (κ1) is 23.1. The number of quaternary nitrogens is 1. The van der Waals surface area contributed by atoms with E-state index < -0.39 is 23.5 Å². The highest BCUT2D eigenvalue weighted by Gasteiger charge is 2.45. The Morgan fingerprint density at radius 1 is 1.20 bits per heavy atom. The average Bonchev–Trinajstić information content (AvgIpc) is 3.35. The Bertz CT molecular complexity index is 1310. The second-order valence-electron chi connectivity index (χ2n) is 8.84. The minimum absolute atomic E-state index is 0.0472. The van der Waals surface area contributed by atoms with Gasteiger partial charge in [0.05, 0.1) is 50.8 Å². The van der Waals surface area contributed by atoms with Crippen LogP contribution in [-0.4, -0.2) is 72.5 Å². The van der Waals surface area contributed by atoms with Crippen LogP contribution in [0.25, 0.3) is 11.4 Å². The molecule has 5 rings (SSSR count). The predicted molar refractivity (Wildman–Crippen MR) is 126 cm³/mol. The van der Waals surface area contributed by atoms with Crippen LogP contribution in [0.5, 0.6) is 5.75 Å². The molecular weight excluding hydrogens is 448 g/mol. The Labute approximate surface area is 203 Å².